The molecule has 0 amide bonds. The molecule has 27 heavy (non-hydrogen) atoms. The number of rotatable bonds is 0. The zero-order valence-corrected chi connectivity index (χ0v) is 16.3. The lowest BCUT2D eigenvalue weighted by molar-refractivity contribution is -0.164. The van der Waals surface area contributed by atoms with E-state index in [-0.39, 0.29) is 34.1 Å². The predicted octanol–water partition coefficient (Wildman–Crippen LogP) is 3.58. The van der Waals surface area contributed by atoms with Crippen LogP contribution in [0.15, 0.2) is 11.6 Å². The highest BCUT2D eigenvalue weighted by molar-refractivity contribution is 5.92. The second-order valence-corrected chi connectivity index (χ2v) is 11.1. The highest BCUT2D eigenvalue weighted by Gasteiger charge is 2.85. The van der Waals surface area contributed by atoms with E-state index in [1.165, 1.54) is 18.4 Å². The molecule has 0 aromatic rings. The van der Waals surface area contributed by atoms with E-state index < -0.39 is 0 Å². The van der Waals surface area contributed by atoms with Crippen molar-refractivity contribution in [3.8, 4) is 0 Å². The smallest absolute Gasteiger partial charge is 0.306 e. The SMILES string of the molecule is CC12C[C@H]3O[C@@]34C(C3CC3C3=CC(=O)CCC34C)C1CC[C@@]21CCC(=O)O1. The lowest BCUT2D eigenvalue weighted by Crippen LogP contribution is -2.60. The Balaban J connectivity index is 1.36. The zero-order chi connectivity index (χ0) is 18.4. The molecule has 2 spiro atoms. The van der Waals surface area contributed by atoms with Gasteiger partial charge in [0.05, 0.1) is 6.10 Å². The fraction of sp³-hybridized carbons (Fsp3) is 0.826. The standard InChI is InChI=1S/C23H28O4/c1-20-6-3-12(24)9-16(20)13-10-14(13)19-15-4-7-22(8-5-18(25)27-22)21(15,2)11-17-23(19,20)26-17/h9,13-15,17,19H,3-8,10-11H2,1-2H3/t13?,14?,15?,17-,19?,20?,21?,22-,23-/m1/s1. The van der Waals surface area contributed by atoms with Crippen molar-refractivity contribution in [2.75, 3.05) is 0 Å². The quantitative estimate of drug-likeness (QED) is 0.484. The Kier molecular flexibility index (Phi) is 2.46. The summed E-state index contributed by atoms with van der Waals surface area (Å²) in [6.45, 7) is 4.81. The van der Waals surface area contributed by atoms with Crippen LogP contribution in [0, 0.1) is 34.5 Å². The first-order chi connectivity index (χ1) is 12.8. The van der Waals surface area contributed by atoms with E-state index >= 15 is 0 Å². The fourth-order valence-corrected chi connectivity index (χ4v) is 9.12. The van der Waals surface area contributed by atoms with Gasteiger partial charge in [0.25, 0.3) is 0 Å². The molecule has 2 aliphatic heterocycles. The van der Waals surface area contributed by atoms with Crippen LogP contribution in [0.3, 0.4) is 0 Å². The summed E-state index contributed by atoms with van der Waals surface area (Å²) < 4.78 is 12.8. The van der Waals surface area contributed by atoms with E-state index in [0.717, 1.165) is 25.7 Å². The minimum atomic E-state index is -0.239. The lowest BCUT2D eigenvalue weighted by atomic mass is 9.46. The first-order valence-electron chi connectivity index (χ1n) is 11.0. The molecule has 7 rings (SSSR count). The number of carbonyl (C=O) groups is 2. The second-order valence-electron chi connectivity index (χ2n) is 11.1. The third kappa shape index (κ3) is 1.47. The van der Waals surface area contributed by atoms with Gasteiger partial charge >= 0.3 is 5.97 Å². The molecule has 4 nitrogen and oxygen atoms in total. The van der Waals surface area contributed by atoms with Gasteiger partial charge in [-0.3, -0.25) is 9.59 Å². The molecule has 4 heteroatoms. The molecule has 7 aliphatic rings. The Morgan fingerprint density at radius 1 is 1.11 bits per heavy atom. The summed E-state index contributed by atoms with van der Waals surface area (Å²) in [5.41, 5.74) is 1.24. The molecule has 9 atom stereocenters. The van der Waals surface area contributed by atoms with E-state index in [9.17, 15) is 9.59 Å². The highest BCUT2D eigenvalue weighted by Crippen LogP contribution is 2.82. The molecule has 6 fully saturated rings. The van der Waals surface area contributed by atoms with E-state index in [1.54, 1.807) is 0 Å². The zero-order valence-electron chi connectivity index (χ0n) is 16.3. The number of epoxide rings is 1. The largest absolute Gasteiger partial charge is 0.458 e. The maximum Gasteiger partial charge on any atom is 0.306 e. The molecule has 6 unspecified atom stereocenters. The van der Waals surface area contributed by atoms with Crippen molar-refractivity contribution in [2.24, 2.45) is 34.5 Å². The summed E-state index contributed by atoms with van der Waals surface area (Å²) in [6.07, 6.45) is 9.85. The number of ketones is 1. The van der Waals surface area contributed by atoms with Crippen molar-refractivity contribution in [3.63, 3.8) is 0 Å². The highest BCUT2D eigenvalue weighted by atomic mass is 16.6. The molecule has 0 aromatic carbocycles. The van der Waals surface area contributed by atoms with Gasteiger partial charge in [-0.1, -0.05) is 19.4 Å². The van der Waals surface area contributed by atoms with Gasteiger partial charge in [0.15, 0.2) is 5.78 Å². The Hall–Kier alpha value is -1.16. The molecular weight excluding hydrogens is 340 g/mol. The summed E-state index contributed by atoms with van der Waals surface area (Å²) in [4.78, 5) is 24.2. The van der Waals surface area contributed by atoms with Gasteiger partial charge in [-0.2, -0.15) is 0 Å². The van der Waals surface area contributed by atoms with Crippen molar-refractivity contribution in [2.45, 2.75) is 82.5 Å². The number of hydrogen-bond acceptors (Lipinski definition) is 4. The molecule has 4 saturated carbocycles. The van der Waals surface area contributed by atoms with Gasteiger partial charge < -0.3 is 9.47 Å². The van der Waals surface area contributed by atoms with Gasteiger partial charge in [-0.15, -0.1) is 0 Å². The second kappa shape index (κ2) is 4.22. The van der Waals surface area contributed by atoms with Crippen LogP contribution >= 0.6 is 0 Å². The molecule has 2 heterocycles. The van der Waals surface area contributed by atoms with Crippen LogP contribution in [0.4, 0.5) is 0 Å². The third-order valence-corrected chi connectivity index (χ3v) is 10.4. The first kappa shape index (κ1) is 15.7. The number of hydrogen-bond donors (Lipinski definition) is 0. The van der Waals surface area contributed by atoms with E-state index in [4.69, 9.17) is 9.47 Å². The Morgan fingerprint density at radius 3 is 2.74 bits per heavy atom. The third-order valence-electron chi connectivity index (χ3n) is 10.4. The fourth-order valence-electron chi connectivity index (χ4n) is 9.12. The van der Waals surface area contributed by atoms with Gasteiger partial charge in [0, 0.05) is 23.7 Å². The number of fused-ring (bicyclic) bond motifs is 7. The van der Waals surface area contributed by atoms with Gasteiger partial charge in [0.2, 0.25) is 0 Å². The van der Waals surface area contributed by atoms with E-state index in [2.05, 4.69) is 13.8 Å². The van der Waals surface area contributed by atoms with Gasteiger partial charge in [0.1, 0.15) is 11.2 Å². The van der Waals surface area contributed by atoms with Crippen molar-refractivity contribution in [1.82, 2.24) is 0 Å². The maximum absolute atomic E-state index is 12.2. The summed E-state index contributed by atoms with van der Waals surface area (Å²) in [6, 6.07) is 0. The molecule has 2 saturated heterocycles. The van der Waals surface area contributed by atoms with Crippen LogP contribution < -0.4 is 0 Å². The molecule has 0 radical (unpaired) electrons. The minimum Gasteiger partial charge on any atom is -0.458 e. The molecule has 5 aliphatic carbocycles. The lowest BCUT2D eigenvalue weighted by Gasteiger charge is -2.56. The molecule has 0 aromatic heterocycles. The predicted molar refractivity (Wildman–Crippen MR) is 96.6 cm³/mol. The van der Waals surface area contributed by atoms with Gasteiger partial charge in [-0.05, 0) is 68.3 Å². The Morgan fingerprint density at radius 2 is 1.96 bits per heavy atom. The summed E-state index contributed by atoms with van der Waals surface area (Å²) >= 11 is 0. The van der Waals surface area contributed by atoms with Crippen LogP contribution in [-0.4, -0.2) is 29.1 Å². The monoisotopic (exact) mass is 368 g/mol. The van der Waals surface area contributed by atoms with E-state index in [1.807, 2.05) is 6.08 Å². The molecule has 144 valence electrons. The van der Waals surface area contributed by atoms with Crippen LogP contribution in [0.5, 0.6) is 0 Å². The maximum atomic E-state index is 12.2. The van der Waals surface area contributed by atoms with Gasteiger partial charge in [-0.25, -0.2) is 0 Å². The van der Waals surface area contributed by atoms with E-state index in [0.29, 0.717) is 42.3 Å². The van der Waals surface area contributed by atoms with Crippen molar-refractivity contribution < 1.29 is 19.1 Å². The van der Waals surface area contributed by atoms with Crippen LogP contribution in [0.25, 0.3) is 0 Å². The van der Waals surface area contributed by atoms with Crippen molar-refractivity contribution in [3.05, 3.63) is 11.6 Å². The first-order valence-corrected chi connectivity index (χ1v) is 11.0. The van der Waals surface area contributed by atoms with Crippen molar-refractivity contribution >= 4 is 11.8 Å². The van der Waals surface area contributed by atoms with Crippen LogP contribution in [0.1, 0.15) is 65.2 Å². The van der Waals surface area contributed by atoms with Crippen LogP contribution in [0.2, 0.25) is 0 Å². The topological polar surface area (TPSA) is 55.9 Å². The number of esters is 1. The summed E-state index contributed by atoms with van der Waals surface area (Å²) in [5, 5.41) is 0. The van der Waals surface area contributed by atoms with Crippen molar-refractivity contribution in [1.29, 1.82) is 0 Å². The molecular formula is C23H28O4. The Labute approximate surface area is 160 Å². The Bertz CT molecular complexity index is 845. The summed E-state index contributed by atoms with van der Waals surface area (Å²) in [5.74, 6) is 2.77. The minimum absolute atomic E-state index is 0.00124. The molecule has 0 N–H and O–H groups in total. The number of ether oxygens (including phenoxy) is 2. The average molecular weight is 368 g/mol. The number of carbonyl (C=O) groups excluding carboxylic acids is 2. The average Bonchev–Trinajstić information content (AvgIpc) is 3.49. The van der Waals surface area contributed by atoms with Crippen LogP contribution in [-0.2, 0) is 19.1 Å². The molecule has 0 bridgehead atoms. The normalized spacial score (nSPS) is 62.0. The summed E-state index contributed by atoms with van der Waals surface area (Å²) in [7, 11) is 0.